The first-order valence-electron chi connectivity index (χ1n) is 8.35. The number of carbonyl (C=O) groups is 3. The molecule has 7 nitrogen and oxygen atoms in total. The van der Waals surface area contributed by atoms with Gasteiger partial charge in [-0.1, -0.05) is 18.2 Å². The summed E-state index contributed by atoms with van der Waals surface area (Å²) >= 11 is 0. The van der Waals surface area contributed by atoms with Crippen LogP contribution in [0.25, 0.3) is 0 Å². The zero-order valence-corrected chi connectivity index (χ0v) is 14.2. The monoisotopic (exact) mass is 352 g/mol. The van der Waals surface area contributed by atoms with E-state index in [0.717, 1.165) is 5.69 Å². The topological polar surface area (TPSA) is 95.7 Å². The number of nitrogen functional groups attached to an aromatic ring is 1. The Labute approximate surface area is 151 Å². The molecule has 3 rings (SSSR count). The number of amides is 3. The largest absolute Gasteiger partial charge is 0.399 e. The van der Waals surface area contributed by atoms with Crippen molar-refractivity contribution >= 4 is 29.1 Å². The average Bonchev–Trinajstić information content (AvgIpc) is 2.68. The summed E-state index contributed by atoms with van der Waals surface area (Å²) in [4.78, 5) is 40.0. The van der Waals surface area contributed by atoms with E-state index >= 15 is 0 Å². The van der Waals surface area contributed by atoms with Crippen molar-refractivity contribution in [3.63, 3.8) is 0 Å². The molecule has 0 bridgehead atoms. The van der Waals surface area contributed by atoms with Gasteiger partial charge in [-0.05, 0) is 36.4 Å². The van der Waals surface area contributed by atoms with Crippen LogP contribution in [0.2, 0.25) is 0 Å². The highest BCUT2D eigenvalue weighted by Gasteiger charge is 2.27. The van der Waals surface area contributed by atoms with Crippen molar-refractivity contribution < 1.29 is 14.4 Å². The fraction of sp³-hybridized carbons (Fsp3) is 0.211. The summed E-state index contributed by atoms with van der Waals surface area (Å²) in [6, 6.07) is 16.0. The smallest absolute Gasteiger partial charge is 0.316 e. The van der Waals surface area contributed by atoms with Crippen molar-refractivity contribution in [3.8, 4) is 0 Å². The number of hydrogen-bond donors (Lipinski definition) is 2. The van der Waals surface area contributed by atoms with Crippen molar-refractivity contribution in [3.05, 3.63) is 60.2 Å². The third kappa shape index (κ3) is 4.00. The third-order valence-corrected chi connectivity index (χ3v) is 4.28. The molecule has 134 valence electrons. The minimum Gasteiger partial charge on any atom is -0.399 e. The molecule has 2 aromatic rings. The number of nitrogens with zero attached hydrogens (tertiary/aromatic N) is 2. The second-order valence-corrected chi connectivity index (χ2v) is 6.02. The second-order valence-electron chi connectivity index (χ2n) is 6.02. The van der Waals surface area contributed by atoms with Crippen LogP contribution in [-0.4, -0.2) is 48.8 Å². The van der Waals surface area contributed by atoms with Gasteiger partial charge < -0.3 is 15.5 Å². The Balaban J connectivity index is 1.54. The minimum absolute atomic E-state index is 0.272. The van der Waals surface area contributed by atoms with E-state index in [1.807, 2.05) is 30.3 Å². The number of nitrogens with one attached hydrogen (secondary N) is 1. The van der Waals surface area contributed by atoms with E-state index < -0.39 is 17.7 Å². The fourth-order valence-corrected chi connectivity index (χ4v) is 2.81. The van der Waals surface area contributed by atoms with Crippen LogP contribution in [0.15, 0.2) is 54.6 Å². The van der Waals surface area contributed by atoms with E-state index in [-0.39, 0.29) is 5.56 Å². The summed E-state index contributed by atoms with van der Waals surface area (Å²) in [5, 5.41) is 2.13. The number of para-hydroxylation sites is 1. The quantitative estimate of drug-likeness (QED) is 0.618. The van der Waals surface area contributed by atoms with Crippen LogP contribution in [0.4, 0.5) is 11.4 Å². The van der Waals surface area contributed by atoms with Gasteiger partial charge in [-0.15, -0.1) is 0 Å². The van der Waals surface area contributed by atoms with E-state index in [1.165, 1.54) is 17.0 Å². The van der Waals surface area contributed by atoms with Gasteiger partial charge >= 0.3 is 11.8 Å². The Kier molecular flexibility index (Phi) is 5.17. The molecule has 1 aliphatic heterocycles. The van der Waals surface area contributed by atoms with Crippen molar-refractivity contribution in [2.24, 2.45) is 0 Å². The molecule has 0 unspecified atom stereocenters. The van der Waals surface area contributed by atoms with E-state index in [1.54, 1.807) is 12.1 Å². The molecule has 26 heavy (non-hydrogen) atoms. The molecule has 1 heterocycles. The van der Waals surface area contributed by atoms with Crippen molar-refractivity contribution in [2.45, 2.75) is 0 Å². The lowest BCUT2D eigenvalue weighted by molar-refractivity contribution is -0.145. The molecule has 0 spiro atoms. The number of hydrogen-bond acceptors (Lipinski definition) is 5. The molecule has 2 aromatic carbocycles. The zero-order valence-electron chi connectivity index (χ0n) is 14.2. The van der Waals surface area contributed by atoms with Crippen LogP contribution < -0.4 is 16.0 Å². The highest BCUT2D eigenvalue weighted by Crippen LogP contribution is 2.15. The molecule has 3 amide bonds. The van der Waals surface area contributed by atoms with Gasteiger partial charge in [0.2, 0.25) is 0 Å². The molecule has 0 atom stereocenters. The van der Waals surface area contributed by atoms with Crippen LogP contribution in [0.1, 0.15) is 10.4 Å². The molecule has 1 aliphatic rings. The van der Waals surface area contributed by atoms with E-state index in [0.29, 0.717) is 31.9 Å². The predicted octanol–water partition coefficient (Wildman–Crippen LogP) is 0.874. The molecular weight excluding hydrogens is 332 g/mol. The number of rotatable bonds is 2. The number of carbonyl (C=O) groups excluding carboxylic acids is 3. The maximum atomic E-state index is 12.3. The van der Waals surface area contributed by atoms with Crippen molar-refractivity contribution in [1.29, 1.82) is 0 Å². The Hall–Kier alpha value is -3.35. The molecular formula is C19H20N4O3. The van der Waals surface area contributed by atoms with Gasteiger partial charge in [0.15, 0.2) is 0 Å². The van der Waals surface area contributed by atoms with Crippen LogP contribution in [0.3, 0.4) is 0 Å². The summed E-state index contributed by atoms with van der Waals surface area (Å²) in [6.07, 6.45) is 0. The first kappa shape index (κ1) is 17.5. The van der Waals surface area contributed by atoms with Crippen molar-refractivity contribution in [2.75, 3.05) is 36.8 Å². The van der Waals surface area contributed by atoms with Gasteiger partial charge in [-0.25, -0.2) is 0 Å². The first-order chi connectivity index (χ1) is 12.5. The SMILES string of the molecule is Nc1ccc(C(=O)NC(=O)C(=O)N2CCN(c3ccccc3)CC2)cc1. The summed E-state index contributed by atoms with van der Waals surface area (Å²) in [7, 11) is 0. The second kappa shape index (κ2) is 7.69. The molecule has 1 fully saturated rings. The maximum Gasteiger partial charge on any atom is 0.316 e. The van der Waals surface area contributed by atoms with E-state index in [2.05, 4.69) is 10.2 Å². The summed E-state index contributed by atoms with van der Waals surface area (Å²) in [5.41, 5.74) is 7.44. The molecule has 3 N–H and O–H groups in total. The lowest BCUT2D eigenvalue weighted by atomic mass is 10.2. The average molecular weight is 352 g/mol. The summed E-state index contributed by atoms with van der Waals surface area (Å²) < 4.78 is 0. The minimum atomic E-state index is -0.917. The Morgan fingerprint density at radius 2 is 1.46 bits per heavy atom. The fourth-order valence-electron chi connectivity index (χ4n) is 2.81. The van der Waals surface area contributed by atoms with Gasteiger partial charge in [0, 0.05) is 43.1 Å². The predicted molar refractivity (Wildman–Crippen MR) is 98.6 cm³/mol. The normalized spacial score (nSPS) is 14.0. The Bertz CT molecular complexity index is 797. The lowest BCUT2D eigenvalue weighted by Crippen LogP contribution is -2.53. The maximum absolute atomic E-state index is 12.3. The van der Waals surface area contributed by atoms with Crippen molar-refractivity contribution in [1.82, 2.24) is 10.2 Å². The van der Waals surface area contributed by atoms with Crippen LogP contribution in [-0.2, 0) is 9.59 Å². The molecule has 0 radical (unpaired) electrons. The van der Waals surface area contributed by atoms with Gasteiger partial charge in [-0.3, -0.25) is 19.7 Å². The third-order valence-electron chi connectivity index (χ3n) is 4.28. The van der Waals surface area contributed by atoms with E-state index in [9.17, 15) is 14.4 Å². The highest BCUT2D eigenvalue weighted by molar-refractivity contribution is 6.38. The molecule has 7 heteroatoms. The standard InChI is InChI=1S/C19H20N4O3/c20-15-8-6-14(7-9-15)17(24)21-18(25)19(26)23-12-10-22(11-13-23)16-4-2-1-3-5-16/h1-9H,10-13,20H2,(H,21,24,25). The summed E-state index contributed by atoms with van der Waals surface area (Å²) in [6.45, 7) is 2.12. The number of piperazine rings is 1. The van der Waals surface area contributed by atoms with Gasteiger partial charge in [0.05, 0.1) is 0 Å². The van der Waals surface area contributed by atoms with Crippen LogP contribution >= 0.6 is 0 Å². The first-order valence-corrected chi connectivity index (χ1v) is 8.35. The molecule has 1 saturated heterocycles. The van der Waals surface area contributed by atoms with Crippen LogP contribution in [0, 0.1) is 0 Å². The zero-order chi connectivity index (χ0) is 18.5. The Morgan fingerprint density at radius 3 is 2.08 bits per heavy atom. The number of nitrogens with two attached hydrogens (primary N) is 1. The lowest BCUT2D eigenvalue weighted by Gasteiger charge is -2.35. The number of benzene rings is 2. The molecule has 0 aromatic heterocycles. The van der Waals surface area contributed by atoms with Gasteiger partial charge in [0.25, 0.3) is 5.91 Å². The molecule has 0 saturated carbocycles. The number of imide groups is 1. The Morgan fingerprint density at radius 1 is 0.846 bits per heavy atom. The van der Waals surface area contributed by atoms with Gasteiger partial charge in [0.1, 0.15) is 0 Å². The van der Waals surface area contributed by atoms with Crippen LogP contribution in [0.5, 0.6) is 0 Å². The number of anilines is 2. The van der Waals surface area contributed by atoms with E-state index in [4.69, 9.17) is 5.73 Å². The summed E-state index contributed by atoms with van der Waals surface area (Å²) in [5.74, 6) is -2.23. The van der Waals surface area contributed by atoms with Gasteiger partial charge in [-0.2, -0.15) is 0 Å². The highest BCUT2D eigenvalue weighted by atomic mass is 16.2. The molecule has 0 aliphatic carbocycles.